The van der Waals surface area contributed by atoms with Crippen molar-refractivity contribution in [2.24, 2.45) is 11.7 Å². The lowest BCUT2D eigenvalue weighted by Crippen LogP contribution is -2.42. The summed E-state index contributed by atoms with van der Waals surface area (Å²) in [7, 11) is 0. The molecule has 1 aromatic heterocycles. The molecule has 2 atom stereocenters. The molecule has 1 saturated heterocycles. The quantitative estimate of drug-likeness (QED) is 0.852. The monoisotopic (exact) mass is 287 g/mol. The van der Waals surface area contributed by atoms with E-state index in [2.05, 4.69) is 41.2 Å². The van der Waals surface area contributed by atoms with Crippen molar-refractivity contribution in [2.45, 2.75) is 25.8 Å². The number of nitrogens with one attached hydrogen (secondary N) is 1. The van der Waals surface area contributed by atoms with Crippen LogP contribution in [0.1, 0.15) is 31.4 Å². The van der Waals surface area contributed by atoms with Crippen molar-refractivity contribution >= 4 is 28.1 Å². The molecule has 1 aliphatic heterocycles. The summed E-state index contributed by atoms with van der Waals surface area (Å²) in [6.07, 6.45) is 4.59. The van der Waals surface area contributed by atoms with E-state index in [4.69, 9.17) is 18.0 Å². The number of nitrogens with zero attached hydrogens (tertiary/aromatic N) is 1. The van der Waals surface area contributed by atoms with Crippen LogP contribution >= 0.6 is 12.2 Å². The number of fused-ring (bicyclic) bond motifs is 1. The minimum atomic E-state index is 0.0453. The maximum absolute atomic E-state index is 6.07. The van der Waals surface area contributed by atoms with Crippen LogP contribution in [0.5, 0.6) is 0 Å². The highest BCUT2D eigenvalue weighted by molar-refractivity contribution is 7.80. The third-order valence-corrected chi connectivity index (χ3v) is 4.46. The van der Waals surface area contributed by atoms with Crippen LogP contribution in [0.25, 0.3) is 10.9 Å². The first-order chi connectivity index (χ1) is 9.66. The van der Waals surface area contributed by atoms with Crippen LogP contribution in [0.15, 0.2) is 30.5 Å². The van der Waals surface area contributed by atoms with Gasteiger partial charge in [-0.15, -0.1) is 0 Å². The molecule has 3 rings (SSSR count). The average molecular weight is 287 g/mol. The minimum absolute atomic E-state index is 0.0453. The van der Waals surface area contributed by atoms with Gasteiger partial charge < -0.3 is 10.7 Å². The first-order valence-corrected chi connectivity index (χ1v) is 7.67. The van der Waals surface area contributed by atoms with Gasteiger partial charge in [-0.2, -0.15) is 0 Å². The Morgan fingerprint density at radius 2 is 2.25 bits per heavy atom. The highest BCUT2D eigenvalue weighted by atomic mass is 32.1. The van der Waals surface area contributed by atoms with E-state index in [1.165, 1.54) is 23.8 Å². The fraction of sp³-hybridized carbons (Fsp3) is 0.438. The molecule has 1 fully saturated rings. The molecule has 2 heterocycles. The topological polar surface area (TPSA) is 45.0 Å². The zero-order valence-electron chi connectivity index (χ0n) is 11.8. The molecule has 0 aliphatic carbocycles. The third-order valence-electron chi connectivity index (χ3n) is 4.24. The summed E-state index contributed by atoms with van der Waals surface area (Å²) >= 11 is 5.37. The first-order valence-electron chi connectivity index (χ1n) is 7.26. The van der Waals surface area contributed by atoms with Crippen LogP contribution in [-0.2, 0) is 0 Å². The number of H-pyrrole nitrogens is 1. The number of para-hydroxylation sites is 1. The van der Waals surface area contributed by atoms with Gasteiger partial charge in [0.05, 0.1) is 11.0 Å². The Labute approximate surface area is 125 Å². The number of hydrogen-bond acceptors (Lipinski definition) is 2. The maximum atomic E-state index is 6.07. The van der Waals surface area contributed by atoms with Crippen molar-refractivity contribution in [2.75, 3.05) is 13.1 Å². The molecular weight excluding hydrogens is 266 g/mol. The Morgan fingerprint density at radius 1 is 1.45 bits per heavy atom. The smallest absolute Gasteiger partial charge is 0.0949 e. The normalized spacial score (nSPS) is 21.9. The number of piperidine rings is 1. The SMILES string of the molecule is CC1CCCN(C(C(N)=S)c2c[nH]c3ccccc23)C1. The van der Waals surface area contributed by atoms with Gasteiger partial charge in [-0.1, -0.05) is 37.3 Å². The van der Waals surface area contributed by atoms with Gasteiger partial charge in [0.15, 0.2) is 0 Å². The fourth-order valence-electron chi connectivity index (χ4n) is 3.31. The van der Waals surface area contributed by atoms with E-state index in [-0.39, 0.29) is 6.04 Å². The number of aromatic amines is 1. The first kappa shape index (κ1) is 13.6. The van der Waals surface area contributed by atoms with Crippen LogP contribution in [-0.4, -0.2) is 28.0 Å². The number of rotatable bonds is 3. The third kappa shape index (κ3) is 2.45. The number of hydrogen-bond donors (Lipinski definition) is 2. The fourth-order valence-corrected chi connectivity index (χ4v) is 3.59. The van der Waals surface area contributed by atoms with Gasteiger partial charge in [0.25, 0.3) is 0 Å². The number of aromatic nitrogens is 1. The van der Waals surface area contributed by atoms with Gasteiger partial charge in [0.2, 0.25) is 0 Å². The second-order valence-corrected chi connectivity index (χ2v) is 6.31. The summed E-state index contributed by atoms with van der Waals surface area (Å²) in [5.41, 5.74) is 8.43. The number of benzene rings is 1. The largest absolute Gasteiger partial charge is 0.392 e. The molecule has 3 nitrogen and oxygen atoms in total. The average Bonchev–Trinajstić information content (AvgIpc) is 2.83. The van der Waals surface area contributed by atoms with E-state index in [0.717, 1.165) is 18.6 Å². The van der Waals surface area contributed by atoms with Crippen molar-refractivity contribution in [1.29, 1.82) is 0 Å². The molecule has 0 amide bonds. The Balaban J connectivity index is 2.00. The summed E-state index contributed by atoms with van der Waals surface area (Å²) in [5.74, 6) is 0.714. The van der Waals surface area contributed by atoms with Crippen molar-refractivity contribution in [3.63, 3.8) is 0 Å². The summed E-state index contributed by atoms with van der Waals surface area (Å²) in [6, 6.07) is 8.38. The van der Waals surface area contributed by atoms with Gasteiger partial charge in [-0.05, 0) is 31.4 Å². The second kappa shape index (κ2) is 5.54. The predicted octanol–water partition coefficient (Wildman–Crippen LogP) is 3.23. The van der Waals surface area contributed by atoms with Crippen LogP contribution in [0, 0.1) is 5.92 Å². The van der Waals surface area contributed by atoms with Gasteiger partial charge in [0, 0.05) is 29.2 Å². The van der Waals surface area contributed by atoms with E-state index in [0.29, 0.717) is 10.9 Å². The lowest BCUT2D eigenvalue weighted by atomic mass is 9.96. The summed E-state index contributed by atoms with van der Waals surface area (Å²) in [6.45, 7) is 4.45. The predicted molar refractivity (Wildman–Crippen MR) is 87.8 cm³/mol. The van der Waals surface area contributed by atoms with Crippen LogP contribution in [0.3, 0.4) is 0 Å². The Morgan fingerprint density at radius 3 is 3.00 bits per heavy atom. The zero-order valence-corrected chi connectivity index (χ0v) is 12.6. The Hall–Kier alpha value is -1.39. The van der Waals surface area contributed by atoms with Crippen LogP contribution in [0.2, 0.25) is 0 Å². The van der Waals surface area contributed by atoms with Gasteiger partial charge in [0.1, 0.15) is 0 Å². The second-order valence-electron chi connectivity index (χ2n) is 5.84. The van der Waals surface area contributed by atoms with E-state index in [1.54, 1.807) is 0 Å². The van der Waals surface area contributed by atoms with Gasteiger partial charge in [-0.3, -0.25) is 4.90 Å². The molecule has 4 heteroatoms. The van der Waals surface area contributed by atoms with E-state index < -0.39 is 0 Å². The molecule has 0 spiro atoms. The van der Waals surface area contributed by atoms with Gasteiger partial charge in [-0.25, -0.2) is 0 Å². The van der Waals surface area contributed by atoms with Gasteiger partial charge >= 0.3 is 0 Å². The van der Waals surface area contributed by atoms with Crippen molar-refractivity contribution in [3.05, 3.63) is 36.0 Å². The molecule has 106 valence electrons. The highest BCUT2D eigenvalue weighted by Gasteiger charge is 2.28. The van der Waals surface area contributed by atoms with E-state index in [9.17, 15) is 0 Å². The van der Waals surface area contributed by atoms with E-state index in [1.807, 2.05) is 6.07 Å². The van der Waals surface area contributed by atoms with E-state index >= 15 is 0 Å². The molecule has 0 radical (unpaired) electrons. The van der Waals surface area contributed by atoms with Crippen LogP contribution < -0.4 is 5.73 Å². The number of thiocarbonyl (C=S) groups is 1. The lowest BCUT2D eigenvalue weighted by Gasteiger charge is -2.36. The molecule has 2 aromatic rings. The standard InChI is InChI=1S/C16H21N3S/c1-11-5-4-8-19(10-11)15(16(17)20)13-9-18-14-7-3-2-6-12(13)14/h2-3,6-7,9,11,15,18H,4-5,8,10H2,1H3,(H2,17,20). The lowest BCUT2D eigenvalue weighted by molar-refractivity contribution is 0.163. The Kier molecular flexibility index (Phi) is 3.76. The molecule has 3 N–H and O–H groups in total. The summed E-state index contributed by atoms with van der Waals surface area (Å²) < 4.78 is 0. The van der Waals surface area contributed by atoms with Crippen molar-refractivity contribution in [3.8, 4) is 0 Å². The molecule has 1 aliphatic rings. The highest BCUT2D eigenvalue weighted by Crippen LogP contribution is 2.31. The molecule has 0 saturated carbocycles. The molecule has 1 aromatic carbocycles. The molecular formula is C16H21N3S. The van der Waals surface area contributed by atoms with Crippen molar-refractivity contribution < 1.29 is 0 Å². The Bertz CT molecular complexity index is 619. The minimum Gasteiger partial charge on any atom is -0.392 e. The zero-order chi connectivity index (χ0) is 14.1. The molecule has 0 bridgehead atoms. The number of likely N-dealkylation sites (tertiary alicyclic amines) is 1. The molecule has 2 unspecified atom stereocenters. The van der Waals surface area contributed by atoms with Crippen LogP contribution in [0.4, 0.5) is 0 Å². The van der Waals surface area contributed by atoms with Crippen molar-refractivity contribution in [1.82, 2.24) is 9.88 Å². The summed E-state index contributed by atoms with van der Waals surface area (Å²) in [4.78, 5) is 6.34. The maximum Gasteiger partial charge on any atom is 0.0949 e. The number of nitrogens with two attached hydrogens (primary N) is 1. The molecule has 20 heavy (non-hydrogen) atoms. The summed E-state index contributed by atoms with van der Waals surface area (Å²) in [5, 5.41) is 1.23.